The van der Waals surface area contributed by atoms with Gasteiger partial charge >= 0.3 is 0 Å². The summed E-state index contributed by atoms with van der Waals surface area (Å²) in [5, 5.41) is 0. The third-order valence-corrected chi connectivity index (χ3v) is 5.75. The summed E-state index contributed by atoms with van der Waals surface area (Å²) < 4.78 is 17.2. The number of benzene rings is 1. The fraction of sp³-hybridized carbons (Fsp3) is 0.667. The van der Waals surface area contributed by atoms with Gasteiger partial charge in [-0.2, -0.15) is 0 Å². The molecule has 0 unspecified atom stereocenters. The first-order chi connectivity index (χ1) is 13.0. The Morgan fingerprint density at radius 2 is 2.11 bits per heavy atom. The van der Waals surface area contributed by atoms with Crippen molar-refractivity contribution >= 4 is 5.91 Å². The van der Waals surface area contributed by atoms with Crippen LogP contribution in [0.3, 0.4) is 0 Å². The van der Waals surface area contributed by atoms with Gasteiger partial charge in [-0.25, -0.2) is 0 Å². The van der Waals surface area contributed by atoms with Crippen LogP contribution in [0.2, 0.25) is 0 Å². The summed E-state index contributed by atoms with van der Waals surface area (Å²) in [4.78, 5) is 15.9. The molecule has 27 heavy (non-hydrogen) atoms. The summed E-state index contributed by atoms with van der Waals surface area (Å²) in [7, 11) is 5.20. The van der Waals surface area contributed by atoms with Crippen LogP contribution >= 0.6 is 0 Å². The summed E-state index contributed by atoms with van der Waals surface area (Å²) >= 11 is 0. The highest BCUT2D eigenvalue weighted by Crippen LogP contribution is 2.40. The lowest BCUT2D eigenvalue weighted by Crippen LogP contribution is -2.56. The van der Waals surface area contributed by atoms with Gasteiger partial charge < -0.3 is 19.1 Å². The van der Waals surface area contributed by atoms with Crippen molar-refractivity contribution in [2.45, 2.75) is 31.9 Å². The van der Waals surface area contributed by atoms with Crippen LogP contribution in [0, 0.1) is 5.41 Å². The van der Waals surface area contributed by atoms with Gasteiger partial charge in [0.15, 0.2) is 0 Å². The maximum Gasteiger partial charge on any atom is 0.248 e. The third kappa shape index (κ3) is 5.00. The fourth-order valence-electron chi connectivity index (χ4n) is 4.19. The molecular weight excluding hydrogens is 344 g/mol. The Hall–Kier alpha value is -1.63. The predicted molar refractivity (Wildman–Crippen MR) is 104 cm³/mol. The molecule has 1 amide bonds. The van der Waals surface area contributed by atoms with E-state index in [1.54, 1.807) is 26.1 Å². The zero-order valence-electron chi connectivity index (χ0n) is 16.8. The Balaban J connectivity index is 1.62. The minimum atomic E-state index is -0.0183. The SMILES string of the molecule is COc1ccc(CN2CC[C@H]3OCCC[C@@]3(COCC(=O)N(C)C)C2)cc1. The van der Waals surface area contributed by atoms with Crippen molar-refractivity contribution in [1.82, 2.24) is 9.80 Å². The molecule has 0 bridgehead atoms. The van der Waals surface area contributed by atoms with Crippen LogP contribution in [-0.4, -0.2) is 75.9 Å². The molecule has 6 heteroatoms. The van der Waals surface area contributed by atoms with Crippen molar-refractivity contribution in [2.24, 2.45) is 5.41 Å². The maximum atomic E-state index is 11.8. The topological polar surface area (TPSA) is 51.2 Å². The molecule has 2 atom stereocenters. The van der Waals surface area contributed by atoms with E-state index in [0.29, 0.717) is 6.61 Å². The Labute approximate surface area is 162 Å². The summed E-state index contributed by atoms with van der Waals surface area (Å²) in [6.45, 7) is 4.43. The van der Waals surface area contributed by atoms with E-state index in [9.17, 15) is 4.79 Å². The first-order valence-corrected chi connectivity index (χ1v) is 9.77. The minimum Gasteiger partial charge on any atom is -0.497 e. The highest BCUT2D eigenvalue weighted by molar-refractivity contribution is 5.76. The number of carbonyl (C=O) groups excluding carboxylic acids is 1. The van der Waals surface area contributed by atoms with Crippen molar-refractivity contribution in [1.29, 1.82) is 0 Å². The van der Waals surface area contributed by atoms with Crippen LogP contribution < -0.4 is 4.74 Å². The number of fused-ring (bicyclic) bond motifs is 1. The smallest absolute Gasteiger partial charge is 0.248 e. The van der Waals surface area contributed by atoms with Crippen LogP contribution in [0.4, 0.5) is 0 Å². The lowest BCUT2D eigenvalue weighted by Gasteiger charge is -2.50. The monoisotopic (exact) mass is 376 g/mol. The average Bonchev–Trinajstić information content (AvgIpc) is 2.68. The van der Waals surface area contributed by atoms with Gasteiger partial charge in [-0.1, -0.05) is 12.1 Å². The van der Waals surface area contributed by atoms with E-state index in [1.807, 2.05) is 12.1 Å². The molecule has 2 aliphatic rings. The number of carbonyl (C=O) groups is 1. The average molecular weight is 376 g/mol. The van der Waals surface area contributed by atoms with E-state index in [0.717, 1.165) is 51.3 Å². The van der Waals surface area contributed by atoms with Crippen molar-refractivity contribution in [2.75, 3.05) is 54.1 Å². The number of likely N-dealkylation sites (tertiary alicyclic amines) is 1. The molecule has 1 aromatic rings. The Morgan fingerprint density at radius 3 is 2.81 bits per heavy atom. The maximum absolute atomic E-state index is 11.8. The molecule has 0 aromatic heterocycles. The molecule has 150 valence electrons. The second-order valence-electron chi connectivity index (χ2n) is 7.95. The number of amides is 1. The van der Waals surface area contributed by atoms with Crippen LogP contribution in [0.15, 0.2) is 24.3 Å². The number of piperidine rings is 1. The molecule has 2 heterocycles. The van der Waals surface area contributed by atoms with Crippen LogP contribution in [0.5, 0.6) is 5.75 Å². The van der Waals surface area contributed by atoms with Crippen LogP contribution in [-0.2, 0) is 20.8 Å². The molecule has 0 aliphatic carbocycles. The molecular formula is C21H32N2O4. The van der Waals surface area contributed by atoms with Crippen LogP contribution in [0.1, 0.15) is 24.8 Å². The van der Waals surface area contributed by atoms with Gasteiger partial charge in [0.25, 0.3) is 0 Å². The normalized spacial score (nSPS) is 25.7. The molecule has 2 fully saturated rings. The minimum absolute atomic E-state index is 0.00516. The molecule has 0 saturated carbocycles. The van der Waals surface area contributed by atoms with E-state index in [-0.39, 0.29) is 24.0 Å². The third-order valence-electron chi connectivity index (χ3n) is 5.75. The van der Waals surface area contributed by atoms with E-state index in [1.165, 1.54) is 5.56 Å². The highest BCUT2D eigenvalue weighted by atomic mass is 16.5. The molecule has 6 nitrogen and oxygen atoms in total. The Morgan fingerprint density at radius 1 is 1.33 bits per heavy atom. The fourth-order valence-corrected chi connectivity index (χ4v) is 4.19. The van der Waals surface area contributed by atoms with Gasteiger partial charge in [0, 0.05) is 45.8 Å². The largest absolute Gasteiger partial charge is 0.497 e. The van der Waals surface area contributed by atoms with E-state index in [4.69, 9.17) is 14.2 Å². The van der Waals surface area contributed by atoms with Crippen molar-refractivity contribution in [3.8, 4) is 5.75 Å². The molecule has 2 saturated heterocycles. The predicted octanol–water partition coefficient (Wildman–Crippen LogP) is 2.17. The first kappa shape index (κ1) is 20.1. The van der Waals surface area contributed by atoms with Gasteiger partial charge in [0.2, 0.25) is 5.91 Å². The lowest BCUT2D eigenvalue weighted by molar-refractivity contribution is -0.160. The highest BCUT2D eigenvalue weighted by Gasteiger charge is 2.46. The number of methoxy groups -OCH3 is 1. The molecule has 1 aromatic carbocycles. The zero-order valence-corrected chi connectivity index (χ0v) is 16.8. The van der Waals surface area contributed by atoms with Crippen molar-refractivity contribution < 1.29 is 19.0 Å². The molecule has 3 rings (SSSR count). The van der Waals surface area contributed by atoms with Gasteiger partial charge in [0.1, 0.15) is 12.4 Å². The van der Waals surface area contributed by atoms with Gasteiger partial charge in [-0.3, -0.25) is 9.69 Å². The number of hydrogen-bond acceptors (Lipinski definition) is 5. The Bertz CT molecular complexity index is 619. The number of nitrogens with zero attached hydrogens (tertiary/aromatic N) is 2. The second kappa shape index (κ2) is 9.04. The summed E-state index contributed by atoms with van der Waals surface area (Å²) in [6.07, 6.45) is 3.39. The van der Waals surface area contributed by atoms with E-state index < -0.39 is 0 Å². The van der Waals surface area contributed by atoms with Gasteiger partial charge in [0.05, 0.1) is 19.8 Å². The van der Waals surface area contributed by atoms with Crippen LogP contribution in [0.25, 0.3) is 0 Å². The zero-order chi connectivity index (χ0) is 19.3. The molecule has 0 spiro atoms. The number of ether oxygens (including phenoxy) is 3. The van der Waals surface area contributed by atoms with Gasteiger partial charge in [-0.15, -0.1) is 0 Å². The van der Waals surface area contributed by atoms with Gasteiger partial charge in [-0.05, 0) is 37.0 Å². The Kier molecular flexibility index (Phi) is 6.73. The lowest BCUT2D eigenvalue weighted by atomic mass is 9.73. The summed E-state index contributed by atoms with van der Waals surface area (Å²) in [5.41, 5.74) is 1.26. The van der Waals surface area contributed by atoms with E-state index in [2.05, 4.69) is 17.0 Å². The first-order valence-electron chi connectivity index (χ1n) is 9.77. The number of hydrogen-bond donors (Lipinski definition) is 0. The van der Waals surface area contributed by atoms with E-state index >= 15 is 0 Å². The molecule has 2 aliphatic heterocycles. The molecule has 0 N–H and O–H groups in total. The molecule has 0 radical (unpaired) electrons. The second-order valence-corrected chi connectivity index (χ2v) is 7.95. The summed E-state index contributed by atoms with van der Waals surface area (Å²) in [6, 6.07) is 8.28. The summed E-state index contributed by atoms with van der Waals surface area (Å²) in [5.74, 6) is 0.888. The quantitative estimate of drug-likeness (QED) is 0.730. The standard InChI is InChI=1S/C21H32N2O4/c1-22(2)20(24)14-26-16-21-10-4-12-27-19(21)9-11-23(15-21)13-17-5-7-18(25-3)8-6-17/h5-8,19H,4,9-16H2,1-3H3/t19-,21+/m1/s1. The van der Waals surface area contributed by atoms with Crippen molar-refractivity contribution in [3.63, 3.8) is 0 Å². The number of rotatable bonds is 7. The van der Waals surface area contributed by atoms with Crippen molar-refractivity contribution in [3.05, 3.63) is 29.8 Å². The number of likely N-dealkylation sites (N-methyl/N-ethyl adjacent to an activating group) is 1.